The third kappa shape index (κ3) is 7.03. The van der Waals surface area contributed by atoms with Crippen LogP contribution in [0.2, 0.25) is 0 Å². The fourth-order valence-corrected chi connectivity index (χ4v) is 1.39. The number of ether oxygens (including phenoxy) is 2. The molecule has 1 rings (SSSR count). The molecule has 0 N–H and O–H groups in total. The van der Waals surface area contributed by atoms with Crippen LogP contribution in [0.3, 0.4) is 0 Å². The van der Waals surface area contributed by atoms with E-state index in [1.54, 1.807) is 14.2 Å². The van der Waals surface area contributed by atoms with Gasteiger partial charge in [0.1, 0.15) is 25.5 Å². The molecule has 0 radical (unpaired) electrons. The molecule has 104 valence electrons. The fourth-order valence-electron chi connectivity index (χ4n) is 1.39. The first-order valence-electron chi connectivity index (χ1n) is 5.73. The molecule has 6 heteroatoms. The van der Waals surface area contributed by atoms with Gasteiger partial charge in [0.2, 0.25) is 0 Å². The first-order chi connectivity index (χ1) is 8.52. The molecule has 1 aromatic heterocycles. The molecule has 0 aliphatic carbocycles. The van der Waals surface area contributed by atoms with Crippen LogP contribution in [0.15, 0.2) is 12.4 Å². The molecule has 0 bridgehead atoms. The number of carboxylic acid groups (broad SMARTS) is 1. The van der Waals surface area contributed by atoms with Crippen LogP contribution in [0, 0.1) is 6.92 Å². The van der Waals surface area contributed by atoms with E-state index in [-0.39, 0.29) is 0 Å². The van der Waals surface area contributed by atoms with Crippen LogP contribution in [0.1, 0.15) is 12.7 Å². The Balaban J connectivity index is 0.000000631. The zero-order valence-electron chi connectivity index (χ0n) is 11.5. The number of carbonyl (C=O) groups excluding carboxylic acids is 1. The predicted molar refractivity (Wildman–Crippen MR) is 63.8 cm³/mol. The molecular weight excluding hydrogens is 236 g/mol. The number of imidazole rings is 1. The van der Waals surface area contributed by atoms with Gasteiger partial charge in [-0.15, -0.1) is 0 Å². The molecule has 0 saturated carbocycles. The quantitative estimate of drug-likeness (QED) is 0.622. The average Bonchev–Trinajstić information content (AvgIpc) is 2.64. The zero-order chi connectivity index (χ0) is 14.0. The van der Waals surface area contributed by atoms with Crippen LogP contribution in [-0.4, -0.2) is 38.0 Å². The van der Waals surface area contributed by atoms with Gasteiger partial charge in [-0.3, -0.25) is 0 Å². The van der Waals surface area contributed by atoms with E-state index in [0.29, 0.717) is 0 Å². The highest BCUT2D eigenvalue weighted by molar-refractivity contribution is 5.60. The van der Waals surface area contributed by atoms with E-state index in [1.807, 2.05) is 0 Å². The van der Waals surface area contributed by atoms with Crippen molar-refractivity contribution >= 4 is 5.97 Å². The Labute approximate surface area is 108 Å². The number of aromatic nitrogens is 2. The van der Waals surface area contributed by atoms with Crippen LogP contribution in [0.25, 0.3) is 0 Å². The Kier molecular flexibility index (Phi) is 8.86. The van der Waals surface area contributed by atoms with E-state index in [0.717, 1.165) is 33.2 Å². The highest BCUT2D eigenvalue weighted by Crippen LogP contribution is 1.93. The average molecular weight is 258 g/mol. The molecule has 0 spiro atoms. The topological polar surface area (TPSA) is 67.4 Å². The van der Waals surface area contributed by atoms with Crippen molar-refractivity contribution in [3.63, 3.8) is 0 Å². The lowest BCUT2D eigenvalue weighted by atomic mass is 10.5. The van der Waals surface area contributed by atoms with Crippen molar-refractivity contribution < 1.29 is 23.9 Å². The number of methoxy groups -OCH3 is 2. The number of hydrogen-bond donors (Lipinski definition) is 0. The molecule has 0 fully saturated rings. The van der Waals surface area contributed by atoms with Gasteiger partial charge in [-0.25, -0.2) is 9.13 Å². The predicted octanol–water partition coefficient (Wildman–Crippen LogP) is -0.867. The molecule has 1 heterocycles. The Morgan fingerprint density at radius 3 is 2.44 bits per heavy atom. The second-order valence-electron chi connectivity index (χ2n) is 3.71. The van der Waals surface area contributed by atoms with E-state index >= 15 is 0 Å². The van der Waals surface area contributed by atoms with Crippen LogP contribution >= 0.6 is 0 Å². The van der Waals surface area contributed by atoms with Gasteiger partial charge in [0.05, 0.1) is 13.2 Å². The van der Waals surface area contributed by atoms with E-state index in [2.05, 4.69) is 28.5 Å². The standard InChI is InChI=1S/C10H19N2O2.C2H4O2/c1-10-11(6-8-13-2)4-5-12(10)7-9-14-3;1-2(3)4/h4-5H,6-9H2,1-3H3;1H3,(H,3,4)/q+1;/p-1. The summed E-state index contributed by atoms with van der Waals surface area (Å²) in [6.45, 7) is 6.38. The maximum atomic E-state index is 8.89. The zero-order valence-corrected chi connectivity index (χ0v) is 11.5. The second-order valence-corrected chi connectivity index (χ2v) is 3.71. The van der Waals surface area contributed by atoms with E-state index in [9.17, 15) is 0 Å². The highest BCUT2D eigenvalue weighted by Gasteiger charge is 2.10. The highest BCUT2D eigenvalue weighted by atomic mass is 16.5. The van der Waals surface area contributed by atoms with Crippen LogP contribution in [-0.2, 0) is 27.4 Å². The van der Waals surface area contributed by atoms with Gasteiger partial charge in [-0.05, 0) is 6.92 Å². The van der Waals surface area contributed by atoms with Crippen LogP contribution in [0.4, 0.5) is 0 Å². The minimum Gasteiger partial charge on any atom is -0.550 e. The van der Waals surface area contributed by atoms with E-state index in [4.69, 9.17) is 19.4 Å². The van der Waals surface area contributed by atoms with Crippen LogP contribution < -0.4 is 9.67 Å². The summed E-state index contributed by atoms with van der Waals surface area (Å²) >= 11 is 0. The van der Waals surface area contributed by atoms with Crippen molar-refractivity contribution in [1.82, 2.24) is 4.57 Å². The minimum atomic E-state index is -1.08. The summed E-state index contributed by atoms with van der Waals surface area (Å²) in [4.78, 5) is 8.89. The van der Waals surface area contributed by atoms with Crippen molar-refractivity contribution in [3.8, 4) is 0 Å². The molecule has 1 aromatic rings. The summed E-state index contributed by atoms with van der Waals surface area (Å²) in [5.74, 6) is 0.152. The van der Waals surface area contributed by atoms with Crippen molar-refractivity contribution in [2.45, 2.75) is 26.9 Å². The van der Waals surface area contributed by atoms with Crippen molar-refractivity contribution in [2.75, 3.05) is 27.4 Å². The van der Waals surface area contributed by atoms with Crippen LogP contribution in [0.5, 0.6) is 0 Å². The lowest BCUT2D eigenvalue weighted by molar-refractivity contribution is -0.703. The number of carbonyl (C=O) groups is 1. The van der Waals surface area contributed by atoms with E-state index in [1.165, 1.54) is 5.82 Å². The van der Waals surface area contributed by atoms with Gasteiger partial charge in [0.15, 0.2) is 0 Å². The van der Waals surface area contributed by atoms with Gasteiger partial charge >= 0.3 is 0 Å². The molecule has 0 aliphatic rings. The lowest BCUT2D eigenvalue weighted by Crippen LogP contribution is -2.37. The first-order valence-corrected chi connectivity index (χ1v) is 5.73. The molecular formula is C12H22N2O4. The molecule has 0 saturated heterocycles. The summed E-state index contributed by atoms with van der Waals surface area (Å²) in [6.07, 6.45) is 4.15. The Bertz CT molecular complexity index is 320. The van der Waals surface area contributed by atoms with Gasteiger partial charge in [0, 0.05) is 27.1 Å². The molecule has 0 aromatic carbocycles. The van der Waals surface area contributed by atoms with Gasteiger partial charge in [0.25, 0.3) is 5.82 Å². The normalized spacial score (nSPS) is 9.78. The monoisotopic (exact) mass is 258 g/mol. The number of hydrogen-bond acceptors (Lipinski definition) is 4. The summed E-state index contributed by atoms with van der Waals surface area (Å²) in [5, 5.41) is 8.89. The Morgan fingerprint density at radius 1 is 1.39 bits per heavy atom. The number of carboxylic acids is 1. The third-order valence-corrected chi connectivity index (χ3v) is 2.33. The summed E-state index contributed by atoms with van der Waals surface area (Å²) in [6, 6.07) is 0. The smallest absolute Gasteiger partial charge is 0.253 e. The van der Waals surface area contributed by atoms with Gasteiger partial charge in [-0.1, -0.05) is 0 Å². The molecule has 0 unspecified atom stereocenters. The van der Waals surface area contributed by atoms with E-state index < -0.39 is 5.97 Å². The maximum absolute atomic E-state index is 8.89. The number of nitrogens with zero attached hydrogens (tertiary/aromatic N) is 2. The SMILES string of the molecule is CC(=O)[O-].COCCn1cc[n+](CCOC)c1C. The minimum absolute atomic E-state index is 0.750. The summed E-state index contributed by atoms with van der Waals surface area (Å²) in [7, 11) is 3.44. The summed E-state index contributed by atoms with van der Waals surface area (Å²) in [5.41, 5.74) is 0. The molecule has 0 atom stereocenters. The maximum Gasteiger partial charge on any atom is 0.253 e. The third-order valence-electron chi connectivity index (χ3n) is 2.33. The number of rotatable bonds is 6. The Morgan fingerprint density at radius 2 is 1.94 bits per heavy atom. The van der Waals surface area contributed by atoms with Gasteiger partial charge < -0.3 is 19.4 Å². The number of aliphatic carboxylic acids is 1. The van der Waals surface area contributed by atoms with Crippen molar-refractivity contribution in [2.24, 2.45) is 0 Å². The van der Waals surface area contributed by atoms with Gasteiger partial charge in [-0.2, -0.15) is 0 Å². The van der Waals surface area contributed by atoms with Crippen molar-refractivity contribution in [3.05, 3.63) is 18.2 Å². The molecule has 0 aliphatic heterocycles. The molecule has 6 nitrogen and oxygen atoms in total. The van der Waals surface area contributed by atoms with Crippen molar-refractivity contribution in [1.29, 1.82) is 0 Å². The molecule has 0 amide bonds. The second kappa shape index (κ2) is 9.61. The first kappa shape index (κ1) is 16.6. The summed E-state index contributed by atoms with van der Waals surface area (Å²) < 4.78 is 14.4. The molecule has 18 heavy (non-hydrogen) atoms. The largest absolute Gasteiger partial charge is 0.550 e. The fraction of sp³-hybridized carbons (Fsp3) is 0.667. The lowest BCUT2D eigenvalue weighted by Gasteiger charge is -2.00. The Hall–Kier alpha value is -1.40.